The highest BCUT2D eigenvalue weighted by Crippen LogP contribution is 2.20. The zero-order chi connectivity index (χ0) is 13.0. The first-order chi connectivity index (χ1) is 8.69. The predicted octanol–water partition coefficient (Wildman–Crippen LogP) is 4.71. The van der Waals surface area contributed by atoms with Crippen LogP contribution in [0.5, 0.6) is 0 Å². The molecule has 0 aliphatic carbocycles. The minimum absolute atomic E-state index is 0.631. The number of benzene rings is 1. The quantitative estimate of drug-likeness (QED) is 0.822. The van der Waals surface area contributed by atoms with Crippen molar-refractivity contribution in [1.29, 1.82) is 0 Å². The third-order valence-corrected chi connectivity index (χ3v) is 3.35. The van der Waals surface area contributed by atoms with Gasteiger partial charge in [-0.25, -0.2) is 0 Å². The fourth-order valence-corrected chi connectivity index (χ4v) is 1.93. The minimum atomic E-state index is 0.631. The fraction of sp³-hybridized carbons (Fsp3) is 0.375. The molecule has 0 spiro atoms. The molecule has 0 saturated carbocycles. The maximum atomic E-state index is 5.52. The van der Waals surface area contributed by atoms with Crippen molar-refractivity contribution in [3.8, 4) is 0 Å². The van der Waals surface area contributed by atoms with E-state index in [1.54, 1.807) is 0 Å². The van der Waals surface area contributed by atoms with Crippen LogP contribution in [0.1, 0.15) is 43.3 Å². The van der Waals surface area contributed by atoms with Crippen LogP contribution in [-0.2, 0) is 6.54 Å². The molecule has 2 heteroatoms. The summed E-state index contributed by atoms with van der Waals surface area (Å²) in [6.07, 6.45) is 1.18. The summed E-state index contributed by atoms with van der Waals surface area (Å²) in [6, 6.07) is 12.7. The largest absolute Gasteiger partial charge is 0.465 e. The summed E-state index contributed by atoms with van der Waals surface area (Å²) in [5.41, 5.74) is 2.54. The molecule has 2 rings (SSSR count). The average molecular weight is 243 g/mol. The summed E-state index contributed by atoms with van der Waals surface area (Å²) < 4.78 is 5.52. The first kappa shape index (κ1) is 12.7. The normalized spacial score (nSPS) is 12.4. The van der Waals surface area contributed by atoms with Crippen molar-refractivity contribution < 1.29 is 4.42 Å². The second-order valence-electron chi connectivity index (χ2n) is 4.80. The second-order valence-corrected chi connectivity index (χ2v) is 4.80. The van der Waals surface area contributed by atoms with E-state index in [0.29, 0.717) is 5.92 Å². The second kappa shape index (κ2) is 5.76. The molecule has 0 saturated heterocycles. The monoisotopic (exact) mass is 243 g/mol. The van der Waals surface area contributed by atoms with E-state index < -0.39 is 0 Å². The molecule has 0 bridgehead atoms. The van der Waals surface area contributed by atoms with Crippen molar-refractivity contribution in [3.63, 3.8) is 0 Å². The van der Waals surface area contributed by atoms with Crippen LogP contribution in [0.3, 0.4) is 0 Å². The number of furan rings is 1. The first-order valence-corrected chi connectivity index (χ1v) is 6.58. The van der Waals surface area contributed by atoms with Gasteiger partial charge >= 0.3 is 0 Å². The smallest absolute Gasteiger partial charge is 0.123 e. The fourth-order valence-electron chi connectivity index (χ4n) is 1.93. The van der Waals surface area contributed by atoms with Crippen molar-refractivity contribution in [2.45, 2.75) is 39.7 Å². The summed E-state index contributed by atoms with van der Waals surface area (Å²) in [6.45, 7) is 7.17. The van der Waals surface area contributed by atoms with Gasteiger partial charge in [0.1, 0.15) is 11.5 Å². The van der Waals surface area contributed by atoms with E-state index in [-0.39, 0.29) is 0 Å². The van der Waals surface area contributed by atoms with Crippen LogP contribution >= 0.6 is 0 Å². The molecule has 1 unspecified atom stereocenters. The van der Waals surface area contributed by atoms with E-state index >= 15 is 0 Å². The zero-order valence-electron chi connectivity index (χ0n) is 11.4. The molecule has 1 atom stereocenters. The standard InChI is InChI=1S/C16H21NO/c1-4-12(2)14-6-8-15(9-7-14)17-11-16-10-5-13(3)18-16/h5-10,12,17H,4,11H2,1-3H3. The predicted molar refractivity (Wildman–Crippen MR) is 75.9 cm³/mol. The third-order valence-electron chi connectivity index (χ3n) is 3.35. The van der Waals surface area contributed by atoms with Gasteiger partial charge in [-0.15, -0.1) is 0 Å². The Morgan fingerprint density at radius 2 is 1.83 bits per heavy atom. The summed E-state index contributed by atoms with van der Waals surface area (Å²) in [7, 11) is 0. The molecule has 0 aliphatic heterocycles. The molecule has 1 aromatic heterocycles. The van der Waals surface area contributed by atoms with Crippen LogP contribution in [0, 0.1) is 6.92 Å². The first-order valence-electron chi connectivity index (χ1n) is 6.58. The highest BCUT2D eigenvalue weighted by atomic mass is 16.3. The molecule has 18 heavy (non-hydrogen) atoms. The Labute approximate surface area is 109 Å². The Morgan fingerprint density at radius 3 is 2.39 bits per heavy atom. The Morgan fingerprint density at radius 1 is 1.11 bits per heavy atom. The molecule has 0 amide bonds. The maximum Gasteiger partial charge on any atom is 0.123 e. The molecule has 1 N–H and O–H groups in total. The average Bonchev–Trinajstić information content (AvgIpc) is 2.82. The highest BCUT2D eigenvalue weighted by Gasteiger charge is 2.03. The number of aryl methyl sites for hydroxylation is 1. The Kier molecular flexibility index (Phi) is 4.08. The van der Waals surface area contributed by atoms with Crippen molar-refractivity contribution in [2.75, 3.05) is 5.32 Å². The number of hydrogen-bond acceptors (Lipinski definition) is 2. The molecule has 96 valence electrons. The molecule has 0 fully saturated rings. The van der Waals surface area contributed by atoms with Gasteiger partial charge in [-0.1, -0.05) is 26.0 Å². The molecule has 0 aliphatic rings. The summed E-state index contributed by atoms with van der Waals surface area (Å²) in [4.78, 5) is 0. The number of nitrogens with one attached hydrogen (secondary N) is 1. The van der Waals surface area contributed by atoms with E-state index in [1.807, 2.05) is 19.1 Å². The van der Waals surface area contributed by atoms with Gasteiger partial charge in [0.2, 0.25) is 0 Å². The van der Waals surface area contributed by atoms with Crippen molar-refractivity contribution in [2.24, 2.45) is 0 Å². The number of rotatable bonds is 5. The number of hydrogen-bond donors (Lipinski definition) is 1. The summed E-state index contributed by atoms with van der Waals surface area (Å²) in [5, 5.41) is 3.36. The lowest BCUT2D eigenvalue weighted by atomic mass is 9.99. The molecule has 0 radical (unpaired) electrons. The highest BCUT2D eigenvalue weighted by molar-refractivity contribution is 5.45. The third kappa shape index (κ3) is 3.16. The van der Waals surface area contributed by atoms with E-state index in [2.05, 4.69) is 43.4 Å². The Hall–Kier alpha value is -1.70. The molecular formula is C16H21NO. The van der Waals surface area contributed by atoms with E-state index in [0.717, 1.165) is 23.8 Å². The lowest BCUT2D eigenvalue weighted by molar-refractivity contribution is 0.490. The van der Waals surface area contributed by atoms with Gasteiger partial charge in [-0.3, -0.25) is 0 Å². The zero-order valence-corrected chi connectivity index (χ0v) is 11.4. The van der Waals surface area contributed by atoms with Crippen LogP contribution < -0.4 is 5.32 Å². The molecule has 2 nitrogen and oxygen atoms in total. The van der Waals surface area contributed by atoms with Gasteiger partial charge in [0.15, 0.2) is 0 Å². The van der Waals surface area contributed by atoms with Crippen LogP contribution in [0.2, 0.25) is 0 Å². The van der Waals surface area contributed by atoms with Crippen molar-refractivity contribution in [3.05, 3.63) is 53.5 Å². The summed E-state index contributed by atoms with van der Waals surface area (Å²) >= 11 is 0. The van der Waals surface area contributed by atoms with Gasteiger partial charge in [-0.2, -0.15) is 0 Å². The van der Waals surface area contributed by atoms with Gasteiger partial charge in [0.05, 0.1) is 6.54 Å². The van der Waals surface area contributed by atoms with Gasteiger partial charge in [0, 0.05) is 5.69 Å². The van der Waals surface area contributed by atoms with Crippen LogP contribution in [-0.4, -0.2) is 0 Å². The van der Waals surface area contributed by atoms with Crippen LogP contribution in [0.4, 0.5) is 5.69 Å². The molecular weight excluding hydrogens is 222 g/mol. The van der Waals surface area contributed by atoms with E-state index in [9.17, 15) is 0 Å². The van der Waals surface area contributed by atoms with Gasteiger partial charge in [0.25, 0.3) is 0 Å². The van der Waals surface area contributed by atoms with Crippen LogP contribution in [0.15, 0.2) is 40.8 Å². The lowest BCUT2D eigenvalue weighted by Gasteiger charge is -2.10. The Bertz CT molecular complexity index is 484. The maximum absolute atomic E-state index is 5.52. The Balaban J connectivity index is 1.94. The summed E-state index contributed by atoms with van der Waals surface area (Å²) in [5.74, 6) is 2.56. The molecule has 2 aromatic rings. The number of anilines is 1. The van der Waals surface area contributed by atoms with Crippen molar-refractivity contribution >= 4 is 5.69 Å². The minimum Gasteiger partial charge on any atom is -0.465 e. The molecule has 1 aromatic carbocycles. The SMILES string of the molecule is CCC(C)c1ccc(NCc2ccc(C)o2)cc1. The topological polar surface area (TPSA) is 25.2 Å². The van der Waals surface area contributed by atoms with E-state index in [4.69, 9.17) is 4.42 Å². The molecule has 1 heterocycles. The van der Waals surface area contributed by atoms with Crippen LogP contribution in [0.25, 0.3) is 0 Å². The van der Waals surface area contributed by atoms with Gasteiger partial charge in [-0.05, 0) is 49.1 Å². The van der Waals surface area contributed by atoms with Crippen molar-refractivity contribution in [1.82, 2.24) is 0 Å². The lowest BCUT2D eigenvalue weighted by Crippen LogP contribution is -1.98. The van der Waals surface area contributed by atoms with Gasteiger partial charge < -0.3 is 9.73 Å². The van der Waals surface area contributed by atoms with E-state index in [1.165, 1.54) is 12.0 Å².